The number of H-pyrrole nitrogens is 1. The number of aromatic amines is 1. The molecule has 0 saturated heterocycles. The average Bonchev–Trinajstić information content (AvgIpc) is 3.35. The summed E-state index contributed by atoms with van der Waals surface area (Å²) in [5.74, 6) is 1.08. The third kappa shape index (κ3) is 4.49. The van der Waals surface area contributed by atoms with E-state index >= 15 is 0 Å². The number of hydrogen-bond acceptors (Lipinski definition) is 5. The minimum atomic E-state index is -0.430. The molecule has 8 nitrogen and oxygen atoms in total. The maximum atomic E-state index is 12.2. The van der Waals surface area contributed by atoms with E-state index in [0.29, 0.717) is 12.4 Å². The first-order valence-corrected chi connectivity index (χ1v) is 9.88. The summed E-state index contributed by atoms with van der Waals surface area (Å²) in [7, 11) is 0. The van der Waals surface area contributed by atoms with Crippen LogP contribution in [-0.2, 0) is 16.1 Å². The van der Waals surface area contributed by atoms with Crippen LogP contribution in [0.1, 0.15) is 55.8 Å². The van der Waals surface area contributed by atoms with E-state index in [-0.39, 0.29) is 23.8 Å². The van der Waals surface area contributed by atoms with Crippen LogP contribution in [0.15, 0.2) is 30.5 Å². The van der Waals surface area contributed by atoms with Crippen molar-refractivity contribution < 1.29 is 14.3 Å². The van der Waals surface area contributed by atoms with Gasteiger partial charge in [-0.15, -0.1) is 0 Å². The predicted molar refractivity (Wildman–Crippen MR) is 102 cm³/mol. The van der Waals surface area contributed by atoms with Crippen LogP contribution in [0.4, 0.5) is 10.6 Å². The van der Waals surface area contributed by atoms with Gasteiger partial charge in [0.15, 0.2) is 0 Å². The molecular formula is C20H25N5O3. The zero-order valence-electron chi connectivity index (χ0n) is 15.7. The molecule has 0 unspecified atom stereocenters. The lowest BCUT2D eigenvalue weighted by Gasteiger charge is -2.33. The van der Waals surface area contributed by atoms with E-state index in [2.05, 4.69) is 25.8 Å². The molecule has 0 aliphatic heterocycles. The van der Waals surface area contributed by atoms with Crippen molar-refractivity contribution in [1.29, 1.82) is 0 Å². The number of pyridine rings is 1. The molecule has 2 aromatic heterocycles. The number of carbonyl (C=O) groups excluding carboxylic acids is 2. The number of carbonyl (C=O) groups is 2. The van der Waals surface area contributed by atoms with E-state index in [1.807, 2.05) is 24.3 Å². The van der Waals surface area contributed by atoms with Crippen LogP contribution in [0.3, 0.4) is 0 Å². The van der Waals surface area contributed by atoms with Crippen molar-refractivity contribution in [3.63, 3.8) is 0 Å². The van der Waals surface area contributed by atoms with Crippen molar-refractivity contribution >= 4 is 17.8 Å². The second kappa shape index (κ2) is 8.41. The molecule has 8 heteroatoms. The lowest BCUT2D eigenvalue weighted by atomic mass is 9.80. The van der Waals surface area contributed by atoms with E-state index in [1.54, 1.807) is 6.20 Å². The van der Waals surface area contributed by atoms with Gasteiger partial charge in [0, 0.05) is 24.1 Å². The summed E-state index contributed by atoms with van der Waals surface area (Å²) in [5, 5.41) is 12.8. The van der Waals surface area contributed by atoms with Gasteiger partial charge in [-0.1, -0.05) is 18.9 Å². The number of nitrogens with zero attached hydrogens (tertiary/aromatic N) is 2. The summed E-state index contributed by atoms with van der Waals surface area (Å²) in [6.45, 7) is 0.346. The molecular weight excluding hydrogens is 358 g/mol. The van der Waals surface area contributed by atoms with E-state index in [0.717, 1.165) is 49.9 Å². The van der Waals surface area contributed by atoms with Gasteiger partial charge in [-0.2, -0.15) is 5.10 Å². The molecule has 0 bridgehead atoms. The molecule has 0 atom stereocenters. The molecule has 0 radical (unpaired) electrons. The van der Waals surface area contributed by atoms with Gasteiger partial charge in [0.05, 0.1) is 17.9 Å². The molecule has 3 N–H and O–H groups in total. The van der Waals surface area contributed by atoms with Gasteiger partial charge < -0.3 is 15.4 Å². The highest BCUT2D eigenvalue weighted by molar-refractivity contribution is 5.91. The van der Waals surface area contributed by atoms with Crippen molar-refractivity contribution in [3.05, 3.63) is 41.9 Å². The third-order valence-electron chi connectivity index (χ3n) is 5.51. The van der Waals surface area contributed by atoms with Crippen LogP contribution in [-0.4, -0.2) is 33.3 Å². The van der Waals surface area contributed by atoms with Crippen LogP contribution in [0.2, 0.25) is 0 Å². The van der Waals surface area contributed by atoms with Crippen molar-refractivity contribution in [2.45, 2.75) is 57.1 Å². The van der Waals surface area contributed by atoms with Crippen LogP contribution >= 0.6 is 0 Å². The lowest BCUT2D eigenvalue weighted by molar-refractivity contribution is -0.119. The number of nitrogens with one attached hydrogen (secondary N) is 3. The molecule has 2 aliphatic carbocycles. The monoisotopic (exact) mass is 383 g/mol. The quantitative estimate of drug-likeness (QED) is 0.710. The average molecular weight is 383 g/mol. The summed E-state index contributed by atoms with van der Waals surface area (Å²) < 4.78 is 5.41. The fourth-order valence-electron chi connectivity index (χ4n) is 3.79. The molecule has 2 amide bonds. The normalized spacial score (nSPS) is 21.7. The van der Waals surface area contributed by atoms with E-state index < -0.39 is 6.09 Å². The van der Waals surface area contributed by atoms with E-state index in [9.17, 15) is 9.59 Å². The molecule has 4 rings (SSSR count). The fraction of sp³-hybridized carbons (Fsp3) is 0.500. The number of aromatic nitrogens is 3. The highest BCUT2D eigenvalue weighted by Gasteiger charge is 2.35. The lowest BCUT2D eigenvalue weighted by Crippen LogP contribution is -2.36. The Kier molecular flexibility index (Phi) is 5.55. The second-order valence-corrected chi connectivity index (χ2v) is 7.55. The van der Waals surface area contributed by atoms with Gasteiger partial charge in [-0.3, -0.25) is 14.9 Å². The first-order valence-electron chi connectivity index (χ1n) is 9.88. The van der Waals surface area contributed by atoms with E-state index in [4.69, 9.17) is 4.74 Å². The Morgan fingerprint density at radius 2 is 2.04 bits per heavy atom. The molecule has 2 aromatic rings. The number of anilines is 1. The van der Waals surface area contributed by atoms with Gasteiger partial charge in [0.2, 0.25) is 5.91 Å². The second-order valence-electron chi connectivity index (χ2n) is 7.55. The van der Waals surface area contributed by atoms with Crippen LogP contribution in [0.25, 0.3) is 0 Å². The number of ether oxygens (including phenoxy) is 1. The summed E-state index contributed by atoms with van der Waals surface area (Å²) >= 11 is 0. The molecule has 28 heavy (non-hydrogen) atoms. The number of amides is 2. The molecule has 2 aliphatic rings. The van der Waals surface area contributed by atoms with Crippen LogP contribution < -0.4 is 10.6 Å². The zero-order chi connectivity index (χ0) is 19.3. The minimum Gasteiger partial charge on any atom is -0.446 e. The van der Waals surface area contributed by atoms with Crippen LogP contribution in [0.5, 0.6) is 0 Å². The standard InChI is InChI=1S/C20H25N5O3/c26-19(13-5-1-2-6-13)23-18-11-17(24-25-18)14-9-16(10-14)28-20(27)22-12-15-7-3-4-8-21-15/h3-4,7-8,11,13-14,16H,1-2,5-6,9-10,12H2,(H,22,27)(H2,23,24,25,26). The van der Waals surface area contributed by atoms with Crippen LogP contribution in [0, 0.1) is 5.92 Å². The molecule has 148 valence electrons. The Morgan fingerprint density at radius 1 is 1.21 bits per heavy atom. The maximum absolute atomic E-state index is 12.2. The highest BCUT2D eigenvalue weighted by atomic mass is 16.6. The van der Waals surface area contributed by atoms with E-state index in [1.165, 1.54) is 0 Å². The van der Waals surface area contributed by atoms with Crippen molar-refractivity contribution in [2.75, 3.05) is 5.32 Å². The van der Waals surface area contributed by atoms with Crippen molar-refractivity contribution in [2.24, 2.45) is 5.92 Å². The molecule has 2 fully saturated rings. The first-order chi connectivity index (χ1) is 13.7. The number of alkyl carbamates (subject to hydrolysis) is 1. The van der Waals surface area contributed by atoms with Crippen molar-refractivity contribution in [1.82, 2.24) is 20.5 Å². The number of rotatable bonds is 6. The summed E-state index contributed by atoms with van der Waals surface area (Å²) in [6, 6.07) is 7.44. The molecule has 0 spiro atoms. The Labute approximate surface area is 163 Å². The van der Waals surface area contributed by atoms with Gasteiger partial charge in [-0.05, 0) is 37.8 Å². The number of hydrogen-bond donors (Lipinski definition) is 3. The molecule has 0 aromatic carbocycles. The topological polar surface area (TPSA) is 109 Å². The Bertz CT molecular complexity index is 810. The molecule has 2 saturated carbocycles. The first kappa shape index (κ1) is 18.5. The third-order valence-corrected chi connectivity index (χ3v) is 5.51. The summed E-state index contributed by atoms with van der Waals surface area (Å²) in [4.78, 5) is 28.2. The fourth-order valence-corrected chi connectivity index (χ4v) is 3.79. The predicted octanol–water partition coefficient (Wildman–Crippen LogP) is 3.11. The van der Waals surface area contributed by atoms with Gasteiger partial charge in [-0.25, -0.2) is 4.79 Å². The Balaban J connectivity index is 1.18. The summed E-state index contributed by atoms with van der Waals surface area (Å²) in [6.07, 6.45) is 6.82. The highest BCUT2D eigenvalue weighted by Crippen LogP contribution is 2.38. The SMILES string of the molecule is O=C(NCc1ccccn1)OC1CC(c2cc(NC(=O)C3CCCC3)[nH]n2)C1. The van der Waals surface area contributed by atoms with Gasteiger partial charge >= 0.3 is 6.09 Å². The summed E-state index contributed by atoms with van der Waals surface area (Å²) in [5.41, 5.74) is 1.69. The van der Waals surface area contributed by atoms with Gasteiger partial charge in [0.1, 0.15) is 11.9 Å². The zero-order valence-corrected chi connectivity index (χ0v) is 15.7. The Morgan fingerprint density at radius 3 is 2.79 bits per heavy atom. The van der Waals surface area contributed by atoms with Gasteiger partial charge in [0.25, 0.3) is 0 Å². The largest absolute Gasteiger partial charge is 0.446 e. The Hall–Kier alpha value is -2.90. The smallest absolute Gasteiger partial charge is 0.407 e. The molecule has 2 heterocycles. The van der Waals surface area contributed by atoms with Crippen molar-refractivity contribution in [3.8, 4) is 0 Å². The maximum Gasteiger partial charge on any atom is 0.407 e. The minimum absolute atomic E-state index is 0.0760.